The van der Waals surface area contributed by atoms with Crippen molar-refractivity contribution in [3.05, 3.63) is 23.0 Å². The molecule has 1 aliphatic rings. The lowest BCUT2D eigenvalue weighted by Crippen LogP contribution is -2.27. The van der Waals surface area contributed by atoms with Crippen LogP contribution < -0.4 is 0 Å². The molecule has 0 aromatic carbocycles. The summed E-state index contributed by atoms with van der Waals surface area (Å²) < 4.78 is 8.02. The van der Waals surface area contributed by atoms with E-state index >= 15 is 0 Å². The van der Waals surface area contributed by atoms with Crippen molar-refractivity contribution in [1.82, 2.24) is 4.57 Å². The van der Waals surface area contributed by atoms with Crippen molar-refractivity contribution in [1.29, 1.82) is 0 Å². The smallest absolute Gasteiger partial charge is 0.0812 e. The molecule has 1 atom stereocenters. The van der Waals surface area contributed by atoms with Crippen LogP contribution in [0.1, 0.15) is 70.0 Å². The van der Waals surface area contributed by atoms with Crippen molar-refractivity contribution in [2.24, 2.45) is 5.41 Å². The largest absolute Gasteiger partial charge is 0.388 e. The van der Waals surface area contributed by atoms with Gasteiger partial charge in [-0.05, 0) is 57.9 Å². The SMILES string of the molecule is Cc1cc2c(n1CCCCOC(C)C)CC(C)(C)CC2O. The molecule has 0 bridgehead atoms. The maximum absolute atomic E-state index is 10.4. The Kier molecular flexibility index (Phi) is 5.15. The van der Waals surface area contributed by atoms with Crippen LogP contribution in [-0.4, -0.2) is 22.4 Å². The summed E-state index contributed by atoms with van der Waals surface area (Å²) in [7, 11) is 0. The third kappa shape index (κ3) is 4.10. The zero-order valence-corrected chi connectivity index (χ0v) is 14.3. The summed E-state index contributed by atoms with van der Waals surface area (Å²) in [4.78, 5) is 0. The molecule has 0 radical (unpaired) electrons. The van der Waals surface area contributed by atoms with E-state index in [1.54, 1.807) is 0 Å². The number of aliphatic hydroxyl groups is 1. The first-order chi connectivity index (χ1) is 9.80. The van der Waals surface area contributed by atoms with E-state index in [1.165, 1.54) is 11.4 Å². The molecular weight excluding hydrogens is 262 g/mol. The Balaban J connectivity index is 2.01. The summed E-state index contributed by atoms with van der Waals surface area (Å²) in [5.74, 6) is 0. The molecule has 3 nitrogen and oxygen atoms in total. The molecule has 2 rings (SSSR count). The highest BCUT2D eigenvalue weighted by Gasteiger charge is 2.33. The minimum atomic E-state index is -0.298. The Labute approximate surface area is 129 Å². The fourth-order valence-electron chi connectivity index (χ4n) is 3.40. The van der Waals surface area contributed by atoms with Gasteiger partial charge in [0.2, 0.25) is 0 Å². The molecule has 1 unspecified atom stereocenters. The second kappa shape index (κ2) is 6.53. The van der Waals surface area contributed by atoms with Gasteiger partial charge >= 0.3 is 0 Å². The van der Waals surface area contributed by atoms with Gasteiger partial charge < -0.3 is 14.4 Å². The molecule has 1 aromatic heterocycles. The van der Waals surface area contributed by atoms with Gasteiger partial charge in [-0.15, -0.1) is 0 Å². The van der Waals surface area contributed by atoms with Gasteiger partial charge in [-0.2, -0.15) is 0 Å². The number of aryl methyl sites for hydroxylation is 1. The van der Waals surface area contributed by atoms with Crippen molar-refractivity contribution in [3.63, 3.8) is 0 Å². The van der Waals surface area contributed by atoms with Gasteiger partial charge in [-0.1, -0.05) is 13.8 Å². The van der Waals surface area contributed by atoms with Crippen molar-refractivity contribution in [2.75, 3.05) is 6.61 Å². The number of hydrogen-bond acceptors (Lipinski definition) is 2. The van der Waals surface area contributed by atoms with E-state index in [2.05, 4.69) is 45.3 Å². The lowest BCUT2D eigenvalue weighted by Gasteiger charge is -2.34. The molecule has 1 aliphatic carbocycles. The van der Waals surface area contributed by atoms with Crippen LogP contribution >= 0.6 is 0 Å². The highest BCUT2D eigenvalue weighted by Crippen LogP contribution is 2.41. The average molecular weight is 293 g/mol. The Bertz CT molecular complexity index is 474. The van der Waals surface area contributed by atoms with Crippen LogP contribution in [0.4, 0.5) is 0 Å². The summed E-state index contributed by atoms with van der Waals surface area (Å²) in [5, 5.41) is 10.4. The van der Waals surface area contributed by atoms with Gasteiger partial charge in [-0.3, -0.25) is 0 Å². The monoisotopic (exact) mass is 293 g/mol. The predicted molar refractivity (Wildman–Crippen MR) is 86.6 cm³/mol. The van der Waals surface area contributed by atoms with Crippen LogP contribution in [0.3, 0.4) is 0 Å². The standard InChI is InChI=1S/C18H31NO2/c1-13(2)21-9-7-6-8-19-14(3)10-15-16(19)11-18(4,5)12-17(15)20/h10,13,17,20H,6-9,11-12H2,1-5H3. The first-order valence-corrected chi connectivity index (χ1v) is 8.29. The minimum absolute atomic E-state index is 0.190. The van der Waals surface area contributed by atoms with E-state index in [1.807, 2.05) is 0 Å². The number of aromatic nitrogens is 1. The van der Waals surface area contributed by atoms with Gasteiger partial charge in [0, 0.05) is 30.1 Å². The van der Waals surface area contributed by atoms with E-state index in [4.69, 9.17) is 4.74 Å². The zero-order chi connectivity index (χ0) is 15.6. The number of rotatable bonds is 6. The summed E-state index contributed by atoms with van der Waals surface area (Å²) in [6, 6.07) is 2.18. The summed E-state index contributed by atoms with van der Waals surface area (Å²) in [6.45, 7) is 12.7. The topological polar surface area (TPSA) is 34.4 Å². The van der Waals surface area contributed by atoms with Gasteiger partial charge in [0.25, 0.3) is 0 Å². The molecule has 3 heteroatoms. The first kappa shape index (κ1) is 16.6. The molecule has 21 heavy (non-hydrogen) atoms. The van der Waals surface area contributed by atoms with Gasteiger partial charge in [-0.25, -0.2) is 0 Å². The fourth-order valence-corrected chi connectivity index (χ4v) is 3.40. The van der Waals surface area contributed by atoms with Crippen molar-refractivity contribution >= 4 is 0 Å². The van der Waals surface area contributed by atoms with Crippen LogP contribution in [0, 0.1) is 12.3 Å². The highest BCUT2D eigenvalue weighted by atomic mass is 16.5. The van der Waals surface area contributed by atoms with E-state index in [0.29, 0.717) is 6.10 Å². The minimum Gasteiger partial charge on any atom is -0.388 e. The summed E-state index contributed by atoms with van der Waals surface area (Å²) >= 11 is 0. The zero-order valence-electron chi connectivity index (χ0n) is 14.3. The highest BCUT2D eigenvalue weighted by molar-refractivity contribution is 5.33. The third-order valence-electron chi connectivity index (χ3n) is 4.43. The molecule has 1 heterocycles. The van der Waals surface area contributed by atoms with E-state index in [9.17, 15) is 5.11 Å². The summed E-state index contributed by atoms with van der Waals surface area (Å²) in [5.41, 5.74) is 3.98. The van der Waals surface area contributed by atoms with Crippen LogP contribution in [0.5, 0.6) is 0 Å². The van der Waals surface area contributed by atoms with Gasteiger partial charge in [0.05, 0.1) is 12.2 Å². The predicted octanol–water partition coefficient (Wildman–Crippen LogP) is 4.01. The van der Waals surface area contributed by atoms with Crippen molar-refractivity contribution < 1.29 is 9.84 Å². The first-order valence-electron chi connectivity index (χ1n) is 8.29. The number of nitrogens with zero attached hydrogens (tertiary/aromatic N) is 1. The Morgan fingerprint density at radius 3 is 2.76 bits per heavy atom. The number of fused-ring (bicyclic) bond motifs is 1. The maximum Gasteiger partial charge on any atom is 0.0812 e. The Morgan fingerprint density at radius 1 is 1.38 bits per heavy atom. The fraction of sp³-hybridized carbons (Fsp3) is 0.778. The van der Waals surface area contributed by atoms with Gasteiger partial charge in [0.1, 0.15) is 0 Å². The average Bonchev–Trinajstić information content (AvgIpc) is 2.65. The number of unbranched alkanes of at least 4 members (excludes halogenated alkanes) is 1. The third-order valence-corrected chi connectivity index (χ3v) is 4.43. The molecule has 1 aromatic rings. The van der Waals surface area contributed by atoms with Gasteiger partial charge in [0.15, 0.2) is 0 Å². The Morgan fingerprint density at radius 2 is 2.10 bits per heavy atom. The van der Waals surface area contributed by atoms with Crippen molar-refractivity contribution in [3.8, 4) is 0 Å². The lowest BCUT2D eigenvalue weighted by atomic mass is 9.75. The molecule has 0 spiro atoms. The normalized spacial score (nSPS) is 20.8. The number of aliphatic hydroxyl groups excluding tert-OH is 1. The number of ether oxygens (including phenoxy) is 1. The second-order valence-corrected chi connectivity index (χ2v) is 7.53. The molecule has 0 fully saturated rings. The molecule has 0 saturated heterocycles. The summed E-state index contributed by atoms with van der Waals surface area (Å²) in [6.07, 6.45) is 4.18. The van der Waals surface area contributed by atoms with Crippen LogP contribution in [0.2, 0.25) is 0 Å². The quantitative estimate of drug-likeness (QED) is 0.804. The lowest BCUT2D eigenvalue weighted by molar-refractivity contribution is 0.0751. The Hall–Kier alpha value is -0.800. The van der Waals surface area contributed by atoms with Crippen molar-refractivity contribution in [2.45, 2.75) is 79.1 Å². The number of hydrogen-bond donors (Lipinski definition) is 1. The molecule has 1 N–H and O–H groups in total. The van der Waals surface area contributed by atoms with E-state index < -0.39 is 0 Å². The van der Waals surface area contributed by atoms with E-state index in [0.717, 1.165) is 44.4 Å². The molecule has 0 saturated carbocycles. The molecule has 0 aliphatic heterocycles. The maximum atomic E-state index is 10.4. The van der Waals surface area contributed by atoms with E-state index in [-0.39, 0.29) is 11.5 Å². The van der Waals surface area contributed by atoms with Crippen LogP contribution in [-0.2, 0) is 17.7 Å². The molecule has 120 valence electrons. The van der Waals surface area contributed by atoms with Crippen LogP contribution in [0.15, 0.2) is 6.07 Å². The molecular formula is C18H31NO2. The molecule has 0 amide bonds. The second-order valence-electron chi connectivity index (χ2n) is 7.53. The van der Waals surface area contributed by atoms with Crippen LogP contribution in [0.25, 0.3) is 0 Å².